The van der Waals surface area contributed by atoms with Crippen LogP contribution in [0.5, 0.6) is 0 Å². The van der Waals surface area contributed by atoms with Crippen LogP contribution < -0.4 is 5.32 Å². The van der Waals surface area contributed by atoms with Crippen molar-refractivity contribution < 1.29 is 15.0 Å². The third-order valence-corrected chi connectivity index (χ3v) is 13.2. The molecular weight excluding hydrogens is 807 g/mol. The second-order valence-electron chi connectivity index (χ2n) is 19.7. The van der Waals surface area contributed by atoms with Gasteiger partial charge in [0.1, 0.15) is 0 Å². The first-order chi connectivity index (χ1) is 32.7. The predicted molar refractivity (Wildman–Crippen MR) is 294 cm³/mol. The Morgan fingerprint density at radius 3 is 1.06 bits per heavy atom. The lowest BCUT2D eigenvalue weighted by molar-refractivity contribution is -0.123. The third-order valence-electron chi connectivity index (χ3n) is 13.2. The van der Waals surface area contributed by atoms with E-state index in [1.165, 1.54) is 218 Å². The van der Waals surface area contributed by atoms with Crippen LogP contribution >= 0.6 is 0 Å². The molecule has 2 unspecified atom stereocenters. The van der Waals surface area contributed by atoms with E-state index in [-0.39, 0.29) is 12.5 Å². The van der Waals surface area contributed by atoms with Gasteiger partial charge in [0.05, 0.1) is 18.8 Å². The maximum Gasteiger partial charge on any atom is 0.220 e. The summed E-state index contributed by atoms with van der Waals surface area (Å²) in [5.74, 6) is -0.0710. The molecule has 0 aliphatic heterocycles. The Balaban J connectivity index is 3.39. The number of hydrogen-bond donors (Lipinski definition) is 3. The molecule has 0 heterocycles. The van der Waals surface area contributed by atoms with Crippen molar-refractivity contribution in [3.05, 3.63) is 72.9 Å². The van der Waals surface area contributed by atoms with E-state index in [4.69, 9.17) is 0 Å². The number of amides is 1. The van der Waals surface area contributed by atoms with E-state index in [2.05, 4.69) is 79.9 Å². The molecule has 0 saturated carbocycles. The number of allylic oxidation sites excluding steroid dienone is 11. The van der Waals surface area contributed by atoms with Crippen LogP contribution in [0.15, 0.2) is 72.9 Å². The van der Waals surface area contributed by atoms with E-state index in [1.807, 2.05) is 6.08 Å². The highest BCUT2D eigenvalue weighted by atomic mass is 16.3. The monoisotopic (exact) mass is 920 g/mol. The minimum Gasteiger partial charge on any atom is -0.394 e. The van der Waals surface area contributed by atoms with E-state index >= 15 is 0 Å². The summed E-state index contributed by atoms with van der Waals surface area (Å²) in [6.45, 7) is 4.18. The van der Waals surface area contributed by atoms with Crippen LogP contribution in [-0.4, -0.2) is 34.9 Å². The minimum absolute atomic E-state index is 0.0710. The minimum atomic E-state index is -0.861. The molecule has 0 aliphatic rings. The lowest BCUT2D eigenvalue weighted by atomic mass is 10.0. The second-order valence-corrected chi connectivity index (χ2v) is 19.7. The number of rotatable bonds is 53. The molecule has 0 radical (unpaired) electrons. The van der Waals surface area contributed by atoms with Gasteiger partial charge in [0.2, 0.25) is 5.91 Å². The van der Waals surface area contributed by atoms with Crippen LogP contribution in [-0.2, 0) is 4.79 Å². The van der Waals surface area contributed by atoms with Gasteiger partial charge in [-0.1, -0.05) is 292 Å². The standard InChI is InChI=1S/C62H113NO3/c1-3-5-7-9-11-13-15-17-18-19-20-21-22-23-24-25-26-27-28-29-30-31-32-33-34-35-36-37-38-39-40-41-42-43-44-46-48-50-52-54-56-58-62(66)63-60(59-64)61(65)57-55-53-51-49-47-45-16-14-12-10-8-6-4-2/h5,7,11,13,17-18,20-21,47,49,55,57,60-61,64-65H,3-4,6,8-10,12,14-16,19,22-46,48,50-54,56,58-59H2,1-2H3,(H,63,66)/b7-5-,13-11-,18-17-,21-20-,49-47+,57-55+. The van der Waals surface area contributed by atoms with Gasteiger partial charge >= 0.3 is 0 Å². The summed E-state index contributed by atoms with van der Waals surface area (Å²) in [6, 6.07) is -0.638. The maximum absolute atomic E-state index is 12.4. The lowest BCUT2D eigenvalue weighted by Gasteiger charge is -2.19. The van der Waals surface area contributed by atoms with Crippen molar-refractivity contribution in [1.82, 2.24) is 5.32 Å². The molecule has 66 heavy (non-hydrogen) atoms. The van der Waals surface area contributed by atoms with Crippen LogP contribution in [0.2, 0.25) is 0 Å². The first-order valence-corrected chi connectivity index (χ1v) is 29.2. The zero-order valence-electron chi connectivity index (χ0n) is 44.2. The maximum atomic E-state index is 12.4. The highest BCUT2D eigenvalue weighted by Crippen LogP contribution is 2.17. The Hall–Kier alpha value is -2.17. The third kappa shape index (κ3) is 52.8. The van der Waals surface area contributed by atoms with Crippen molar-refractivity contribution in [3.63, 3.8) is 0 Å². The van der Waals surface area contributed by atoms with Crippen molar-refractivity contribution in [2.45, 2.75) is 309 Å². The number of hydrogen-bond acceptors (Lipinski definition) is 3. The van der Waals surface area contributed by atoms with Gasteiger partial charge < -0.3 is 15.5 Å². The van der Waals surface area contributed by atoms with E-state index in [9.17, 15) is 15.0 Å². The summed E-state index contributed by atoms with van der Waals surface area (Å²) >= 11 is 0. The number of carbonyl (C=O) groups is 1. The largest absolute Gasteiger partial charge is 0.394 e. The Kier molecular flexibility index (Phi) is 55.3. The van der Waals surface area contributed by atoms with E-state index in [0.717, 1.165) is 57.8 Å². The van der Waals surface area contributed by atoms with Gasteiger partial charge in [-0.05, 0) is 70.6 Å². The molecule has 384 valence electrons. The number of carbonyl (C=O) groups excluding carboxylic acids is 1. The van der Waals surface area contributed by atoms with Gasteiger partial charge in [0.15, 0.2) is 0 Å². The number of unbranched alkanes of at least 4 members (excludes halogenated alkanes) is 36. The highest BCUT2D eigenvalue weighted by molar-refractivity contribution is 5.76. The SMILES string of the molecule is CC/C=C\C/C=C\C/C=C\C/C=C\CCCCCCCCCCCCCCCCCCCCCCCCCCCCCCC(=O)NC(CO)C(O)/C=C/CC/C=C/CCCCCCCCC. The van der Waals surface area contributed by atoms with Crippen LogP contribution in [0.25, 0.3) is 0 Å². The van der Waals surface area contributed by atoms with Crippen molar-refractivity contribution in [1.29, 1.82) is 0 Å². The Bertz CT molecular complexity index is 1130. The van der Waals surface area contributed by atoms with Gasteiger partial charge in [-0.25, -0.2) is 0 Å². The van der Waals surface area contributed by atoms with E-state index in [1.54, 1.807) is 6.08 Å². The average molecular weight is 921 g/mol. The van der Waals surface area contributed by atoms with E-state index in [0.29, 0.717) is 6.42 Å². The topological polar surface area (TPSA) is 69.6 Å². The molecule has 0 bridgehead atoms. The zero-order chi connectivity index (χ0) is 47.7. The zero-order valence-corrected chi connectivity index (χ0v) is 44.2. The van der Waals surface area contributed by atoms with Crippen LogP contribution in [0.3, 0.4) is 0 Å². The molecule has 0 saturated heterocycles. The van der Waals surface area contributed by atoms with Gasteiger partial charge in [0.25, 0.3) is 0 Å². The van der Waals surface area contributed by atoms with Crippen LogP contribution in [0, 0.1) is 0 Å². The van der Waals surface area contributed by atoms with E-state index < -0.39 is 12.1 Å². The molecular formula is C62H113NO3. The summed E-state index contributed by atoms with van der Waals surface area (Å²) in [7, 11) is 0. The molecule has 0 aromatic heterocycles. The quantitative estimate of drug-likeness (QED) is 0.0421. The summed E-state index contributed by atoms with van der Waals surface area (Å²) in [6.07, 6.45) is 82.4. The fraction of sp³-hybridized carbons (Fsp3) is 0.790. The highest BCUT2D eigenvalue weighted by Gasteiger charge is 2.18. The molecule has 4 nitrogen and oxygen atoms in total. The normalized spacial score (nSPS) is 13.3. The first-order valence-electron chi connectivity index (χ1n) is 29.2. The Morgan fingerprint density at radius 1 is 0.379 bits per heavy atom. The summed E-state index contributed by atoms with van der Waals surface area (Å²) in [5.41, 5.74) is 0. The molecule has 0 aromatic rings. The van der Waals surface area contributed by atoms with Crippen LogP contribution in [0.1, 0.15) is 296 Å². The van der Waals surface area contributed by atoms with Gasteiger partial charge in [-0.2, -0.15) is 0 Å². The molecule has 2 atom stereocenters. The number of aliphatic hydroxyl groups excluding tert-OH is 2. The van der Waals surface area contributed by atoms with Gasteiger partial charge in [0, 0.05) is 6.42 Å². The fourth-order valence-corrected chi connectivity index (χ4v) is 8.78. The van der Waals surface area contributed by atoms with Gasteiger partial charge in [-0.15, -0.1) is 0 Å². The fourth-order valence-electron chi connectivity index (χ4n) is 8.78. The average Bonchev–Trinajstić information content (AvgIpc) is 3.32. The Labute approximate surface area is 412 Å². The summed E-state index contributed by atoms with van der Waals surface area (Å²) < 4.78 is 0. The molecule has 0 fully saturated rings. The number of aliphatic hydroxyl groups is 2. The first kappa shape index (κ1) is 63.8. The molecule has 4 heteroatoms. The van der Waals surface area contributed by atoms with Crippen molar-refractivity contribution >= 4 is 5.91 Å². The molecule has 0 spiro atoms. The molecule has 3 N–H and O–H groups in total. The molecule has 0 aliphatic carbocycles. The lowest BCUT2D eigenvalue weighted by Crippen LogP contribution is -2.45. The number of nitrogens with one attached hydrogen (secondary N) is 1. The van der Waals surface area contributed by atoms with Crippen molar-refractivity contribution in [2.75, 3.05) is 6.61 Å². The summed E-state index contributed by atoms with van der Waals surface area (Å²) in [4.78, 5) is 12.4. The summed E-state index contributed by atoms with van der Waals surface area (Å²) in [5, 5.41) is 23.0. The molecule has 0 rings (SSSR count). The van der Waals surface area contributed by atoms with Crippen LogP contribution in [0.4, 0.5) is 0 Å². The molecule has 1 amide bonds. The second kappa shape index (κ2) is 57.1. The van der Waals surface area contributed by atoms with Crippen molar-refractivity contribution in [3.8, 4) is 0 Å². The molecule has 0 aromatic carbocycles. The predicted octanol–water partition coefficient (Wildman–Crippen LogP) is 19.4. The van der Waals surface area contributed by atoms with Crippen molar-refractivity contribution in [2.24, 2.45) is 0 Å². The smallest absolute Gasteiger partial charge is 0.220 e. The van der Waals surface area contributed by atoms with Gasteiger partial charge in [-0.3, -0.25) is 4.79 Å². The Morgan fingerprint density at radius 2 is 0.682 bits per heavy atom.